The van der Waals surface area contributed by atoms with Crippen molar-refractivity contribution in [1.29, 1.82) is 0 Å². The Kier molecular flexibility index (Phi) is 13.6. The lowest BCUT2D eigenvalue weighted by molar-refractivity contribution is -0.189. The van der Waals surface area contributed by atoms with E-state index in [9.17, 15) is 24.0 Å². The third-order valence-electron chi connectivity index (χ3n) is 13.7. The minimum Gasteiger partial charge on any atom is -0.464 e. The van der Waals surface area contributed by atoms with Gasteiger partial charge in [0.2, 0.25) is 0 Å². The molecule has 10 nitrogen and oxygen atoms in total. The van der Waals surface area contributed by atoms with Crippen LogP contribution in [0.2, 0.25) is 0 Å². The molecule has 326 valence electrons. The summed E-state index contributed by atoms with van der Waals surface area (Å²) in [6.45, 7) is 6.81. The van der Waals surface area contributed by atoms with Gasteiger partial charge in [-0.3, -0.25) is 24.0 Å². The molecule has 0 N–H and O–H groups in total. The molecule has 10 heteroatoms. The zero-order valence-electron chi connectivity index (χ0n) is 35.9. The molecule has 2 saturated carbocycles. The SMILES string of the molecule is CC1(CCc2ccccc2)COC1=O.CC1(c2ccccc2)COC1=O.O=C1OCC1(c1ccccc1)c1ccccc1.O=C1OCC12CCCC2.O=C1OCC12CCCCC2. The van der Waals surface area contributed by atoms with Gasteiger partial charge >= 0.3 is 29.8 Å². The molecule has 4 aromatic carbocycles. The van der Waals surface area contributed by atoms with E-state index in [1.54, 1.807) is 0 Å². The summed E-state index contributed by atoms with van der Waals surface area (Å²) in [5.41, 5.74) is 3.14. The van der Waals surface area contributed by atoms with Gasteiger partial charge in [-0.05, 0) is 74.6 Å². The molecule has 0 radical (unpaired) electrons. The molecule has 2 atom stereocenters. The summed E-state index contributed by atoms with van der Waals surface area (Å²) in [5, 5.41) is 0. The van der Waals surface area contributed by atoms with Gasteiger partial charge in [0.25, 0.3) is 0 Å². The zero-order valence-corrected chi connectivity index (χ0v) is 35.9. The quantitative estimate of drug-likeness (QED) is 0.137. The molecule has 2 spiro atoms. The van der Waals surface area contributed by atoms with E-state index in [1.165, 1.54) is 37.7 Å². The monoisotopic (exact) mass is 842 g/mol. The number of aryl methyl sites for hydroxylation is 1. The first-order chi connectivity index (χ1) is 29.9. The second-order valence-electron chi connectivity index (χ2n) is 18.1. The highest BCUT2D eigenvalue weighted by atomic mass is 16.6. The summed E-state index contributed by atoms with van der Waals surface area (Å²) >= 11 is 0. The molecule has 0 aromatic heterocycles. The molecule has 7 aliphatic rings. The van der Waals surface area contributed by atoms with Crippen LogP contribution < -0.4 is 0 Å². The first-order valence-corrected chi connectivity index (χ1v) is 22.0. The second-order valence-corrected chi connectivity index (χ2v) is 18.1. The minimum atomic E-state index is -0.595. The summed E-state index contributed by atoms with van der Waals surface area (Å²) in [4.78, 5) is 56.0. The highest BCUT2D eigenvalue weighted by Gasteiger charge is 2.53. The third-order valence-corrected chi connectivity index (χ3v) is 13.7. The van der Waals surface area contributed by atoms with Gasteiger partial charge in [0.1, 0.15) is 49.3 Å². The number of benzene rings is 4. The van der Waals surface area contributed by atoms with E-state index in [0.717, 1.165) is 55.2 Å². The number of hydrogen-bond donors (Lipinski definition) is 0. The summed E-state index contributed by atoms with van der Waals surface area (Å²) in [6.07, 6.45) is 12.3. The molecule has 5 aliphatic heterocycles. The summed E-state index contributed by atoms with van der Waals surface area (Å²) in [6, 6.07) is 39.6. The molecule has 2 unspecified atom stereocenters. The van der Waals surface area contributed by atoms with Crippen LogP contribution >= 0.6 is 0 Å². The maximum absolute atomic E-state index is 11.9. The van der Waals surface area contributed by atoms with Crippen LogP contribution in [0.3, 0.4) is 0 Å². The molecule has 0 bridgehead atoms. The predicted octanol–water partition coefficient (Wildman–Crippen LogP) is 8.81. The van der Waals surface area contributed by atoms with Crippen molar-refractivity contribution < 1.29 is 47.7 Å². The van der Waals surface area contributed by atoms with Crippen LogP contribution in [0.4, 0.5) is 0 Å². The predicted molar refractivity (Wildman–Crippen MR) is 232 cm³/mol. The van der Waals surface area contributed by atoms with Crippen LogP contribution in [-0.2, 0) is 64.9 Å². The van der Waals surface area contributed by atoms with Crippen molar-refractivity contribution >= 4 is 29.8 Å². The first kappa shape index (κ1) is 44.3. The fraction of sp³-hybridized carbons (Fsp3) is 0.442. The Morgan fingerprint density at radius 2 is 0.806 bits per heavy atom. The van der Waals surface area contributed by atoms with Crippen molar-refractivity contribution in [3.8, 4) is 0 Å². The molecule has 4 aromatic rings. The average Bonchev–Trinajstić information content (AvgIpc) is 3.86. The van der Waals surface area contributed by atoms with E-state index in [-0.39, 0.29) is 51.5 Å². The number of esters is 5. The van der Waals surface area contributed by atoms with Gasteiger partial charge in [0, 0.05) is 0 Å². The van der Waals surface area contributed by atoms with E-state index in [2.05, 4.69) is 12.1 Å². The van der Waals surface area contributed by atoms with Crippen LogP contribution in [0.25, 0.3) is 0 Å². The Labute approximate surface area is 364 Å². The van der Waals surface area contributed by atoms with Crippen molar-refractivity contribution in [3.05, 3.63) is 144 Å². The Bertz CT molecular complexity index is 2120. The van der Waals surface area contributed by atoms with Crippen LogP contribution in [0.5, 0.6) is 0 Å². The fourth-order valence-corrected chi connectivity index (χ4v) is 8.91. The lowest BCUT2D eigenvalue weighted by Gasteiger charge is -2.41. The highest BCUT2D eigenvalue weighted by Crippen LogP contribution is 2.45. The molecule has 7 fully saturated rings. The molecular weight excluding hydrogens is 785 g/mol. The number of cyclic esters (lactones) is 5. The van der Waals surface area contributed by atoms with Gasteiger partial charge in [-0.15, -0.1) is 0 Å². The van der Waals surface area contributed by atoms with Crippen molar-refractivity contribution in [3.63, 3.8) is 0 Å². The largest absolute Gasteiger partial charge is 0.464 e. The van der Waals surface area contributed by atoms with Crippen LogP contribution in [0.15, 0.2) is 121 Å². The van der Waals surface area contributed by atoms with Gasteiger partial charge < -0.3 is 23.7 Å². The molecular formula is C52H58O10. The summed E-state index contributed by atoms with van der Waals surface area (Å²) in [5.74, 6) is -0.204. The van der Waals surface area contributed by atoms with E-state index >= 15 is 0 Å². The summed E-state index contributed by atoms with van der Waals surface area (Å²) < 4.78 is 24.1. The Morgan fingerprint density at radius 1 is 0.403 bits per heavy atom. The van der Waals surface area contributed by atoms with Crippen LogP contribution in [0.1, 0.15) is 100 Å². The topological polar surface area (TPSA) is 132 Å². The van der Waals surface area contributed by atoms with Crippen LogP contribution in [-0.4, -0.2) is 62.9 Å². The number of carbonyl (C=O) groups is 5. The standard InChI is InChI=1S/C15H12O2.C12H14O2.C10H10O2.C8H12O2.C7H10O2/c16-14-15(11-17-14,12-7-3-1-4-8-12)13-9-5-2-6-10-13;1-12(9-14-11(12)13)8-7-10-5-3-2-4-6-10;1-10(7-12-9(10)11)8-5-3-2-4-6-8;9-7-8(6-10-7)4-2-1-3-5-8;8-6-7(5-9-6)3-1-2-4-7/h1-10H,11H2;2-6H,7-9H2,1H3;2-6H,7H2,1H3;1-6H2;1-5H2. The maximum atomic E-state index is 11.9. The minimum absolute atomic E-state index is 0.00174. The second kappa shape index (κ2) is 19.1. The molecule has 0 amide bonds. The molecule has 62 heavy (non-hydrogen) atoms. The Balaban J connectivity index is 0.000000119. The van der Waals surface area contributed by atoms with Gasteiger partial charge in [-0.2, -0.15) is 0 Å². The van der Waals surface area contributed by atoms with Crippen molar-refractivity contribution in [1.82, 2.24) is 0 Å². The maximum Gasteiger partial charge on any atom is 0.324 e. The van der Waals surface area contributed by atoms with Gasteiger partial charge in [0.05, 0.1) is 5.41 Å². The molecule has 5 saturated heterocycles. The fourth-order valence-electron chi connectivity index (χ4n) is 8.91. The van der Waals surface area contributed by atoms with Crippen LogP contribution in [0, 0.1) is 16.2 Å². The van der Waals surface area contributed by atoms with Crippen molar-refractivity contribution in [2.75, 3.05) is 33.0 Å². The van der Waals surface area contributed by atoms with Gasteiger partial charge in [-0.1, -0.05) is 153 Å². The van der Waals surface area contributed by atoms with Gasteiger partial charge in [-0.25, -0.2) is 0 Å². The zero-order chi connectivity index (χ0) is 43.7. The lowest BCUT2D eigenvalue weighted by atomic mass is 9.72. The first-order valence-electron chi connectivity index (χ1n) is 22.0. The average molecular weight is 843 g/mol. The van der Waals surface area contributed by atoms with E-state index < -0.39 is 5.41 Å². The molecule has 5 heterocycles. The highest BCUT2D eigenvalue weighted by molar-refractivity contribution is 5.92. The van der Waals surface area contributed by atoms with Crippen molar-refractivity contribution in [2.45, 2.75) is 95.3 Å². The lowest BCUT2D eigenvalue weighted by Crippen LogP contribution is -2.52. The molecule has 11 rings (SSSR count). The number of ether oxygens (including phenoxy) is 5. The van der Waals surface area contributed by atoms with E-state index in [4.69, 9.17) is 23.7 Å². The normalized spacial score (nSPS) is 24.8. The summed E-state index contributed by atoms with van der Waals surface area (Å²) in [7, 11) is 0. The number of rotatable bonds is 6. The third kappa shape index (κ3) is 9.20. The molecule has 2 aliphatic carbocycles. The van der Waals surface area contributed by atoms with E-state index in [0.29, 0.717) is 33.0 Å². The number of hydrogen-bond acceptors (Lipinski definition) is 10. The Morgan fingerprint density at radius 3 is 1.10 bits per heavy atom. The van der Waals surface area contributed by atoms with E-state index in [1.807, 2.05) is 123 Å². The Hall–Kier alpha value is -5.77. The van der Waals surface area contributed by atoms with Crippen molar-refractivity contribution in [2.24, 2.45) is 16.2 Å². The smallest absolute Gasteiger partial charge is 0.324 e. The number of carbonyl (C=O) groups excluding carboxylic acids is 5. The van der Waals surface area contributed by atoms with Gasteiger partial charge in [0.15, 0.2) is 5.41 Å².